The molecule has 3 rings (SSSR count). The molecule has 2 aromatic rings. The molecule has 1 aliphatic rings. The van der Waals surface area contributed by atoms with Crippen molar-refractivity contribution < 1.29 is 18.4 Å². The Kier molecular flexibility index (Phi) is 7.46. The number of alkyl halides is 2. The Balaban J connectivity index is 1.62. The summed E-state index contributed by atoms with van der Waals surface area (Å²) >= 11 is 0. The number of nitrogens with one attached hydrogen (secondary N) is 1. The third-order valence-electron chi connectivity index (χ3n) is 5.71. The van der Waals surface area contributed by atoms with E-state index in [0.717, 1.165) is 6.42 Å². The fourth-order valence-corrected chi connectivity index (χ4v) is 3.38. The van der Waals surface area contributed by atoms with E-state index in [1.807, 2.05) is 13.0 Å². The number of halogens is 2. The molecule has 1 fully saturated rings. The van der Waals surface area contributed by atoms with Gasteiger partial charge in [-0.2, -0.15) is 0 Å². The summed E-state index contributed by atoms with van der Waals surface area (Å²) in [4.78, 5) is 30.8. The molecule has 2 amide bonds. The maximum absolute atomic E-state index is 13.4. The van der Waals surface area contributed by atoms with E-state index in [2.05, 4.69) is 29.9 Å². The van der Waals surface area contributed by atoms with Crippen LogP contribution in [0, 0.1) is 5.92 Å². The Hall–Kier alpha value is -2.99. The fourth-order valence-electron chi connectivity index (χ4n) is 3.38. The predicted molar refractivity (Wildman–Crippen MR) is 120 cm³/mol. The Morgan fingerprint density at radius 3 is 2.69 bits per heavy atom. The third kappa shape index (κ3) is 6.04. The molecule has 0 bridgehead atoms. The Morgan fingerprint density at radius 2 is 2.00 bits per heavy atom. The molecule has 0 unspecified atom stereocenters. The second-order valence-corrected chi connectivity index (χ2v) is 8.54. The zero-order valence-corrected chi connectivity index (χ0v) is 18.8. The number of pyridine rings is 1. The number of aromatic nitrogens is 2. The summed E-state index contributed by atoms with van der Waals surface area (Å²) in [6, 6.07) is 5.21. The predicted octanol–water partition coefficient (Wildman–Crippen LogP) is 5.07. The number of allylic oxidation sites excluding steroid dienone is 1. The Morgan fingerprint density at radius 1 is 1.28 bits per heavy atom. The molecule has 1 N–H and O–H groups in total. The van der Waals surface area contributed by atoms with Crippen molar-refractivity contribution in [2.75, 3.05) is 18.4 Å². The molecule has 1 saturated heterocycles. The molecule has 0 spiro atoms. The van der Waals surface area contributed by atoms with Gasteiger partial charge in [0.15, 0.2) is 0 Å². The van der Waals surface area contributed by atoms with Crippen molar-refractivity contribution in [3.05, 3.63) is 47.5 Å². The number of piperidine rings is 1. The quantitative estimate of drug-likeness (QED) is 0.479. The third-order valence-corrected chi connectivity index (χ3v) is 5.71. The van der Waals surface area contributed by atoms with E-state index in [1.54, 1.807) is 28.8 Å². The molecule has 1 aliphatic heterocycles. The SMILES string of the molecule is CC(=C=CCCCC(=O)Nc1cccc2nc(C(=O)N3CCC(F)(F)CC3)cn12)C(C)C. The highest BCUT2D eigenvalue weighted by atomic mass is 19.3. The highest BCUT2D eigenvalue weighted by molar-refractivity contribution is 5.94. The minimum Gasteiger partial charge on any atom is -0.337 e. The Bertz CT molecular complexity index is 1040. The number of unbranched alkanes of at least 4 members (excludes halogenated alkanes) is 1. The molecule has 2 aromatic heterocycles. The largest absolute Gasteiger partial charge is 0.337 e. The van der Waals surface area contributed by atoms with Crippen molar-refractivity contribution in [3.8, 4) is 0 Å². The highest BCUT2D eigenvalue weighted by Crippen LogP contribution is 2.28. The van der Waals surface area contributed by atoms with Gasteiger partial charge in [-0.3, -0.25) is 14.0 Å². The molecular formula is C24H30F2N4O2. The van der Waals surface area contributed by atoms with E-state index in [0.29, 0.717) is 30.2 Å². The van der Waals surface area contributed by atoms with Gasteiger partial charge in [0.1, 0.15) is 17.2 Å². The van der Waals surface area contributed by atoms with Crippen molar-refractivity contribution in [3.63, 3.8) is 0 Å². The zero-order valence-electron chi connectivity index (χ0n) is 18.8. The average molecular weight is 445 g/mol. The second-order valence-electron chi connectivity index (χ2n) is 8.54. The normalized spacial score (nSPS) is 15.5. The number of fused-ring (bicyclic) bond motifs is 1. The summed E-state index contributed by atoms with van der Waals surface area (Å²) in [6.07, 6.45) is 4.66. The van der Waals surface area contributed by atoms with Gasteiger partial charge in [-0.05, 0) is 49.5 Å². The highest BCUT2D eigenvalue weighted by Gasteiger charge is 2.36. The smallest absolute Gasteiger partial charge is 0.274 e. The number of amides is 2. The van der Waals surface area contributed by atoms with Gasteiger partial charge < -0.3 is 10.2 Å². The number of anilines is 1. The molecule has 172 valence electrons. The lowest BCUT2D eigenvalue weighted by atomic mass is 10.1. The molecule has 0 saturated carbocycles. The van der Waals surface area contributed by atoms with Gasteiger partial charge in [-0.1, -0.05) is 19.9 Å². The van der Waals surface area contributed by atoms with Gasteiger partial charge in [0.25, 0.3) is 11.8 Å². The first-order chi connectivity index (χ1) is 15.2. The molecule has 32 heavy (non-hydrogen) atoms. The maximum Gasteiger partial charge on any atom is 0.274 e. The first-order valence-electron chi connectivity index (χ1n) is 11.0. The van der Waals surface area contributed by atoms with Gasteiger partial charge in [-0.15, -0.1) is 5.73 Å². The summed E-state index contributed by atoms with van der Waals surface area (Å²) in [5, 5.41) is 2.87. The van der Waals surface area contributed by atoms with E-state index < -0.39 is 5.92 Å². The number of carbonyl (C=O) groups is 2. The van der Waals surface area contributed by atoms with Gasteiger partial charge in [0.05, 0.1) is 0 Å². The maximum atomic E-state index is 13.4. The summed E-state index contributed by atoms with van der Waals surface area (Å²) in [5.41, 5.74) is 5.11. The molecule has 6 nitrogen and oxygen atoms in total. The molecule has 0 atom stereocenters. The van der Waals surface area contributed by atoms with E-state index >= 15 is 0 Å². The van der Waals surface area contributed by atoms with Crippen LogP contribution in [-0.4, -0.2) is 45.1 Å². The van der Waals surface area contributed by atoms with Crippen LogP contribution in [0.25, 0.3) is 5.65 Å². The number of likely N-dealkylation sites (tertiary alicyclic amines) is 1. The number of hydrogen-bond donors (Lipinski definition) is 1. The van der Waals surface area contributed by atoms with E-state index in [9.17, 15) is 18.4 Å². The van der Waals surface area contributed by atoms with Crippen LogP contribution in [-0.2, 0) is 4.79 Å². The lowest BCUT2D eigenvalue weighted by Crippen LogP contribution is -2.42. The van der Waals surface area contributed by atoms with E-state index in [1.165, 1.54) is 10.5 Å². The molecule has 0 radical (unpaired) electrons. The van der Waals surface area contributed by atoms with E-state index in [-0.39, 0.29) is 43.4 Å². The van der Waals surface area contributed by atoms with Crippen molar-refractivity contribution >= 4 is 23.3 Å². The van der Waals surface area contributed by atoms with Crippen LogP contribution in [0.15, 0.2) is 41.8 Å². The lowest BCUT2D eigenvalue weighted by molar-refractivity contribution is -0.116. The molecule has 0 aliphatic carbocycles. The number of nitrogens with zero attached hydrogens (tertiary/aromatic N) is 3. The summed E-state index contributed by atoms with van der Waals surface area (Å²) in [7, 11) is 0. The monoisotopic (exact) mass is 444 g/mol. The first kappa shape index (κ1) is 23.7. The molecule has 8 heteroatoms. The molecule has 0 aromatic carbocycles. The van der Waals surface area contributed by atoms with Crippen molar-refractivity contribution in [2.45, 2.75) is 58.8 Å². The minimum absolute atomic E-state index is 0.00360. The molecular weight excluding hydrogens is 414 g/mol. The summed E-state index contributed by atoms with van der Waals surface area (Å²) in [6.45, 7) is 6.28. The van der Waals surface area contributed by atoms with Crippen LogP contribution >= 0.6 is 0 Å². The van der Waals surface area contributed by atoms with Gasteiger partial charge in [0, 0.05) is 38.5 Å². The number of carbonyl (C=O) groups excluding carboxylic acids is 2. The minimum atomic E-state index is -2.72. The van der Waals surface area contributed by atoms with E-state index in [4.69, 9.17) is 0 Å². The number of imidazole rings is 1. The summed E-state index contributed by atoms with van der Waals surface area (Å²) in [5.74, 6) is -2.26. The van der Waals surface area contributed by atoms with Gasteiger partial charge in [0.2, 0.25) is 5.91 Å². The topological polar surface area (TPSA) is 66.7 Å². The van der Waals surface area contributed by atoms with Crippen LogP contribution in [0.4, 0.5) is 14.6 Å². The van der Waals surface area contributed by atoms with Crippen molar-refractivity contribution in [1.82, 2.24) is 14.3 Å². The number of rotatable bonds is 7. The van der Waals surface area contributed by atoms with Gasteiger partial charge >= 0.3 is 0 Å². The van der Waals surface area contributed by atoms with Crippen LogP contribution in [0.2, 0.25) is 0 Å². The zero-order chi connectivity index (χ0) is 23.3. The van der Waals surface area contributed by atoms with Gasteiger partial charge in [-0.25, -0.2) is 13.8 Å². The standard InChI is InChI=1S/C24H30F2N4O2/c1-17(2)18(3)8-5-4-6-11-22(31)28-21-10-7-9-20-27-19(16-30(20)21)23(32)29-14-12-24(25,26)13-15-29/h5,7,9-10,16-17H,4,6,11-15H2,1-3H3,(H,28,31). The number of hydrogen-bond acceptors (Lipinski definition) is 3. The van der Waals surface area contributed by atoms with Crippen LogP contribution in [0.5, 0.6) is 0 Å². The molecule has 3 heterocycles. The first-order valence-corrected chi connectivity index (χ1v) is 11.0. The fraction of sp³-hybridized carbons (Fsp3) is 0.500. The summed E-state index contributed by atoms with van der Waals surface area (Å²) < 4.78 is 28.4. The van der Waals surface area contributed by atoms with Crippen LogP contribution in [0.3, 0.4) is 0 Å². The Labute approximate surface area is 187 Å². The lowest BCUT2D eigenvalue weighted by Gasteiger charge is -2.31. The van der Waals surface area contributed by atoms with Crippen LogP contribution in [0.1, 0.15) is 63.4 Å². The van der Waals surface area contributed by atoms with Crippen molar-refractivity contribution in [1.29, 1.82) is 0 Å². The second kappa shape index (κ2) is 10.1. The van der Waals surface area contributed by atoms with Crippen LogP contribution < -0.4 is 5.32 Å². The van der Waals surface area contributed by atoms with Crippen molar-refractivity contribution in [2.24, 2.45) is 5.92 Å². The average Bonchev–Trinajstić information content (AvgIpc) is 3.18.